The van der Waals surface area contributed by atoms with Gasteiger partial charge in [-0.1, -0.05) is 0 Å². The van der Waals surface area contributed by atoms with E-state index in [1.807, 2.05) is 6.07 Å². The first-order chi connectivity index (χ1) is 6.33. The number of nitriles is 1. The van der Waals surface area contributed by atoms with Crippen LogP contribution in [0.4, 0.5) is 0 Å². The highest BCUT2D eigenvalue weighted by atomic mass is 15.3. The zero-order valence-corrected chi connectivity index (χ0v) is 6.81. The summed E-state index contributed by atoms with van der Waals surface area (Å²) in [5.74, 6) is 0.579. The van der Waals surface area contributed by atoms with Gasteiger partial charge in [0.2, 0.25) is 0 Å². The van der Waals surface area contributed by atoms with Gasteiger partial charge in [0, 0.05) is 12.3 Å². The molecule has 0 saturated heterocycles. The molecule has 5 heteroatoms. The lowest BCUT2D eigenvalue weighted by Gasteiger charge is -1.89. The molecule has 0 amide bonds. The Kier molecular flexibility index (Phi) is 1.69. The van der Waals surface area contributed by atoms with Gasteiger partial charge in [-0.25, -0.2) is 9.50 Å². The second-order valence-corrected chi connectivity index (χ2v) is 2.56. The number of pyridine rings is 1. The molecule has 0 unspecified atom stereocenters. The minimum atomic E-state index is 0.309. The van der Waals surface area contributed by atoms with Crippen LogP contribution in [0.15, 0.2) is 18.3 Å². The highest BCUT2D eigenvalue weighted by molar-refractivity contribution is 5.44. The normalized spacial score (nSPS) is 10.2. The smallest absolute Gasteiger partial charge is 0.165 e. The third kappa shape index (κ3) is 1.23. The largest absolute Gasteiger partial charge is 0.324 e. The molecule has 0 atom stereocenters. The quantitative estimate of drug-likeness (QED) is 0.661. The molecule has 2 N–H and O–H groups in total. The summed E-state index contributed by atoms with van der Waals surface area (Å²) in [7, 11) is 0. The summed E-state index contributed by atoms with van der Waals surface area (Å²) in [6.07, 6.45) is 1.69. The predicted octanol–water partition coefficient (Wildman–Crippen LogP) is 0.0597. The van der Waals surface area contributed by atoms with Crippen LogP contribution in [0.1, 0.15) is 11.4 Å². The van der Waals surface area contributed by atoms with Crippen molar-refractivity contribution in [3.05, 3.63) is 29.7 Å². The van der Waals surface area contributed by atoms with Gasteiger partial charge in [0.05, 0.1) is 18.2 Å². The number of nitrogens with zero attached hydrogens (tertiary/aromatic N) is 4. The molecule has 2 rings (SSSR count). The van der Waals surface area contributed by atoms with Crippen molar-refractivity contribution in [2.45, 2.75) is 6.54 Å². The fourth-order valence-corrected chi connectivity index (χ4v) is 1.08. The maximum absolute atomic E-state index is 8.63. The van der Waals surface area contributed by atoms with Crippen LogP contribution in [0.2, 0.25) is 0 Å². The van der Waals surface area contributed by atoms with Gasteiger partial charge in [-0.2, -0.15) is 5.26 Å². The van der Waals surface area contributed by atoms with Crippen molar-refractivity contribution >= 4 is 5.65 Å². The van der Waals surface area contributed by atoms with E-state index in [2.05, 4.69) is 10.1 Å². The van der Waals surface area contributed by atoms with Crippen molar-refractivity contribution < 1.29 is 0 Å². The van der Waals surface area contributed by atoms with E-state index in [1.165, 1.54) is 0 Å². The van der Waals surface area contributed by atoms with Gasteiger partial charge >= 0.3 is 0 Å². The number of hydrogen-bond donors (Lipinski definition) is 1. The van der Waals surface area contributed by atoms with Gasteiger partial charge in [0.25, 0.3) is 0 Å². The predicted molar refractivity (Wildman–Crippen MR) is 45.6 cm³/mol. The van der Waals surface area contributed by atoms with E-state index < -0.39 is 0 Å². The van der Waals surface area contributed by atoms with Crippen molar-refractivity contribution in [1.82, 2.24) is 14.6 Å². The second kappa shape index (κ2) is 2.84. The molecule has 13 heavy (non-hydrogen) atoms. The average molecular weight is 173 g/mol. The first-order valence-electron chi connectivity index (χ1n) is 3.79. The van der Waals surface area contributed by atoms with E-state index in [-0.39, 0.29) is 0 Å². The minimum absolute atomic E-state index is 0.309. The summed E-state index contributed by atoms with van der Waals surface area (Å²) in [4.78, 5) is 4.12. The zero-order valence-electron chi connectivity index (χ0n) is 6.81. The van der Waals surface area contributed by atoms with E-state index in [0.29, 0.717) is 23.6 Å². The molecule has 0 aliphatic carbocycles. The zero-order chi connectivity index (χ0) is 9.26. The van der Waals surface area contributed by atoms with Crippen LogP contribution in [0.25, 0.3) is 5.65 Å². The summed E-state index contributed by atoms with van der Waals surface area (Å²) >= 11 is 0. The molecule has 64 valence electrons. The van der Waals surface area contributed by atoms with Crippen LogP contribution in [0, 0.1) is 11.3 Å². The van der Waals surface area contributed by atoms with Crippen molar-refractivity contribution in [2.75, 3.05) is 0 Å². The Morgan fingerprint density at radius 3 is 3.15 bits per heavy atom. The molecule has 5 nitrogen and oxygen atoms in total. The second-order valence-electron chi connectivity index (χ2n) is 2.56. The molecule has 2 aromatic heterocycles. The highest BCUT2D eigenvalue weighted by Gasteiger charge is 2.01. The Balaban J connectivity index is 2.65. The monoisotopic (exact) mass is 173 g/mol. The topological polar surface area (TPSA) is 80.0 Å². The lowest BCUT2D eigenvalue weighted by molar-refractivity contribution is 0.869. The van der Waals surface area contributed by atoms with Crippen molar-refractivity contribution in [3.8, 4) is 6.07 Å². The number of rotatable bonds is 1. The van der Waals surface area contributed by atoms with Crippen LogP contribution in [-0.4, -0.2) is 14.6 Å². The van der Waals surface area contributed by atoms with Gasteiger partial charge in [-0.3, -0.25) is 0 Å². The fraction of sp³-hybridized carbons (Fsp3) is 0.125. The summed E-state index contributed by atoms with van der Waals surface area (Å²) < 4.78 is 1.60. The molecule has 0 saturated carbocycles. The van der Waals surface area contributed by atoms with Crippen LogP contribution in [0.3, 0.4) is 0 Å². The molecule has 0 aliphatic heterocycles. The molecule has 0 fully saturated rings. The molecular formula is C8H7N5. The molecule has 2 heterocycles. The first kappa shape index (κ1) is 7.71. The van der Waals surface area contributed by atoms with E-state index in [9.17, 15) is 0 Å². The Labute approximate surface area is 74.4 Å². The van der Waals surface area contributed by atoms with Gasteiger partial charge in [0.1, 0.15) is 0 Å². The summed E-state index contributed by atoms with van der Waals surface area (Å²) in [6, 6.07) is 5.39. The van der Waals surface area contributed by atoms with E-state index in [4.69, 9.17) is 11.0 Å². The average Bonchev–Trinajstić information content (AvgIpc) is 2.58. The van der Waals surface area contributed by atoms with Crippen molar-refractivity contribution in [3.63, 3.8) is 0 Å². The Bertz CT molecular complexity index is 479. The third-order valence-electron chi connectivity index (χ3n) is 1.69. The van der Waals surface area contributed by atoms with Crippen LogP contribution >= 0.6 is 0 Å². The third-order valence-corrected chi connectivity index (χ3v) is 1.69. The lowest BCUT2D eigenvalue weighted by atomic mass is 10.3. The van der Waals surface area contributed by atoms with E-state index in [0.717, 1.165) is 0 Å². The van der Waals surface area contributed by atoms with Gasteiger partial charge in [-0.05, 0) is 6.07 Å². The van der Waals surface area contributed by atoms with E-state index in [1.54, 1.807) is 22.8 Å². The number of nitrogens with two attached hydrogens (primary N) is 1. The summed E-state index contributed by atoms with van der Waals surface area (Å²) in [5.41, 5.74) is 6.61. The SMILES string of the molecule is N#Cc1ccn2nc(CN)nc2c1. The highest BCUT2D eigenvalue weighted by Crippen LogP contribution is 2.03. The molecule has 0 bridgehead atoms. The Morgan fingerprint density at radius 2 is 2.46 bits per heavy atom. The van der Waals surface area contributed by atoms with Crippen molar-refractivity contribution in [2.24, 2.45) is 5.73 Å². The summed E-state index contributed by atoms with van der Waals surface area (Å²) in [5, 5.41) is 12.7. The maximum Gasteiger partial charge on any atom is 0.165 e. The number of hydrogen-bond acceptors (Lipinski definition) is 4. The molecule has 2 aromatic rings. The molecule has 0 aromatic carbocycles. The fourth-order valence-electron chi connectivity index (χ4n) is 1.08. The lowest BCUT2D eigenvalue weighted by Crippen LogP contribution is -1.98. The van der Waals surface area contributed by atoms with Crippen LogP contribution in [0.5, 0.6) is 0 Å². The van der Waals surface area contributed by atoms with E-state index >= 15 is 0 Å². The van der Waals surface area contributed by atoms with Crippen LogP contribution < -0.4 is 5.73 Å². The molecule has 0 aliphatic rings. The Morgan fingerprint density at radius 1 is 1.62 bits per heavy atom. The van der Waals surface area contributed by atoms with Gasteiger partial charge in [-0.15, -0.1) is 5.10 Å². The van der Waals surface area contributed by atoms with Gasteiger partial charge < -0.3 is 5.73 Å². The molecule has 0 radical (unpaired) electrons. The van der Waals surface area contributed by atoms with Crippen LogP contribution in [-0.2, 0) is 6.54 Å². The first-order valence-corrected chi connectivity index (χ1v) is 3.79. The minimum Gasteiger partial charge on any atom is -0.324 e. The maximum atomic E-state index is 8.63. The Hall–Kier alpha value is -1.93. The standard InChI is InChI=1S/C8H7N5/c9-4-6-1-2-13-8(3-6)11-7(5-10)12-13/h1-3H,5,10H2. The van der Waals surface area contributed by atoms with Gasteiger partial charge in [0.15, 0.2) is 11.5 Å². The van der Waals surface area contributed by atoms with Crippen molar-refractivity contribution in [1.29, 1.82) is 5.26 Å². The molecular weight excluding hydrogens is 166 g/mol. The summed E-state index contributed by atoms with van der Waals surface area (Å²) in [6.45, 7) is 0.309. The number of aromatic nitrogens is 3. The molecule has 0 spiro atoms. The number of fused-ring (bicyclic) bond motifs is 1.